The second-order valence-electron chi connectivity index (χ2n) is 5.47. The Labute approximate surface area is 125 Å². The van der Waals surface area contributed by atoms with E-state index in [-0.39, 0.29) is 18.8 Å². The van der Waals surface area contributed by atoms with Gasteiger partial charge in [-0.1, -0.05) is 42.5 Å². The number of alkyl halides is 2. The van der Waals surface area contributed by atoms with Gasteiger partial charge in [-0.2, -0.15) is 0 Å². The maximum Gasteiger partial charge on any atom is 0.248 e. The number of halogens is 2. The van der Waals surface area contributed by atoms with E-state index >= 15 is 0 Å². The Morgan fingerprint density at radius 1 is 1.29 bits per heavy atom. The van der Waals surface area contributed by atoms with Crippen molar-refractivity contribution >= 4 is 11.8 Å². The van der Waals surface area contributed by atoms with E-state index in [9.17, 15) is 8.78 Å². The van der Waals surface area contributed by atoms with Gasteiger partial charge in [0.25, 0.3) is 0 Å². The van der Waals surface area contributed by atoms with Crippen molar-refractivity contribution in [1.29, 1.82) is 0 Å². The SMILES string of the molecule is CN=C/C=C(\C=C\C1CCCC(F)(F)C1)c1ccccc1. The molecule has 0 amide bonds. The molecule has 1 aromatic carbocycles. The van der Waals surface area contributed by atoms with Crippen LogP contribution in [0.1, 0.15) is 31.2 Å². The van der Waals surface area contributed by atoms with Gasteiger partial charge in [0.05, 0.1) is 0 Å². The molecule has 1 nitrogen and oxygen atoms in total. The Kier molecular flexibility index (Phi) is 5.43. The van der Waals surface area contributed by atoms with E-state index < -0.39 is 5.92 Å². The third-order valence-electron chi connectivity index (χ3n) is 3.74. The first-order valence-corrected chi connectivity index (χ1v) is 7.35. The van der Waals surface area contributed by atoms with Crippen LogP contribution in [-0.4, -0.2) is 19.2 Å². The van der Waals surface area contributed by atoms with E-state index in [4.69, 9.17) is 0 Å². The average Bonchev–Trinajstić information content (AvgIpc) is 2.47. The predicted octanol–water partition coefficient (Wildman–Crippen LogP) is 5.15. The number of nitrogens with zero attached hydrogens (tertiary/aromatic N) is 1. The summed E-state index contributed by atoms with van der Waals surface area (Å²) < 4.78 is 26.9. The molecule has 0 saturated heterocycles. The molecule has 1 atom stereocenters. The Hall–Kier alpha value is -1.77. The monoisotopic (exact) mass is 289 g/mol. The summed E-state index contributed by atoms with van der Waals surface area (Å²) in [5, 5.41) is 0. The molecule has 2 rings (SSSR count). The molecule has 1 fully saturated rings. The largest absolute Gasteiger partial charge is 0.296 e. The first-order valence-electron chi connectivity index (χ1n) is 7.35. The Bertz CT molecular complexity index is 529. The van der Waals surface area contributed by atoms with Crippen molar-refractivity contribution in [3.05, 3.63) is 54.1 Å². The maximum absolute atomic E-state index is 13.4. The molecule has 0 aliphatic heterocycles. The highest BCUT2D eigenvalue weighted by atomic mass is 19.3. The van der Waals surface area contributed by atoms with Gasteiger partial charge in [-0.15, -0.1) is 0 Å². The summed E-state index contributed by atoms with van der Waals surface area (Å²) in [5.41, 5.74) is 2.06. The smallest absolute Gasteiger partial charge is 0.248 e. The van der Waals surface area contributed by atoms with Crippen molar-refractivity contribution in [3.8, 4) is 0 Å². The van der Waals surface area contributed by atoms with Crippen LogP contribution in [-0.2, 0) is 0 Å². The standard InChI is InChI=1S/C18H21F2N/c1-21-13-11-17(16-7-3-2-4-8-16)10-9-15-6-5-12-18(19,20)14-15/h2-4,7-11,13,15H,5-6,12,14H2,1H3/b10-9+,17-11+,21-13?. The van der Waals surface area contributed by atoms with Crippen LogP contribution >= 0.6 is 0 Å². The van der Waals surface area contributed by atoms with Crippen LogP contribution < -0.4 is 0 Å². The first-order chi connectivity index (χ1) is 10.1. The van der Waals surface area contributed by atoms with Crippen LogP contribution in [0.3, 0.4) is 0 Å². The molecule has 3 heteroatoms. The fraction of sp³-hybridized carbons (Fsp3) is 0.389. The minimum absolute atomic E-state index is 0.0290. The lowest BCUT2D eigenvalue weighted by atomic mass is 9.86. The number of aliphatic imine (C=N–C) groups is 1. The van der Waals surface area contributed by atoms with Gasteiger partial charge in [-0.3, -0.25) is 4.99 Å². The van der Waals surface area contributed by atoms with Gasteiger partial charge in [0, 0.05) is 26.1 Å². The van der Waals surface area contributed by atoms with Crippen molar-refractivity contribution in [2.75, 3.05) is 7.05 Å². The number of allylic oxidation sites excluding steroid dienone is 4. The molecule has 1 aliphatic carbocycles. The third-order valence-corrected chi connectivity index (χ3v) is 3.74. The summed E-state index contributed by atoms with van der Waals surface area (Å²) in [4.78, 5) is 3.96. The molecule has 0 aromatic heterocycles. The van der Waals surface area contributed by atoms with E-state index in [1.54, 1.807) is 13.3 Å². The minimum atomic E-state index is -2.51. The number of hydrogen-bond acceptors (Lipinski definition) is 1. The Morgan fingerprint density at radius 3 is 2.71 bits per heavy atom. The third kappa shape index (κ3) is 4.92. The Morgan fingerprint density at radius 2 is 2.05 bits per heavy atom. The van der Waals surface area contributed by atoms with Gasteiger partial charge in [0.1, 0.15) is 0 Å². The Balaban J connectivity index is 2.14. The molecule has 0 bridgehead atoms. The van der Waals surface area contributed by atoms with Crippen molar-refractivity contribution < 1.29 is 8.78 Å². The summed E-state index contributed by atoms with van der Waals surface area (Å²) >= 11 is 0. The van der Waals surface area contributed by atoms with E-state index in [2.05, 4.69) is 4.99 Å². The molecule has 0 heterocycles. The van der Waals surface area contributed by atoms with E-state index in [1.165, 1.54) is 0 Å². The molecule has 0 radical (unpaired) electrons. The molecular formula is C18H21F2N. The zero-order chi connectivity index (χ0) is 15.1. The summed E-state index contributed by atoms with van der Waals surface area (Å²) in [5.74, 6) is -2.55. The molecular weight excluding hydrogens is 268 g/mol. The van der Waals surface area contributed by atoms with Gasteiger partial charge < -0.3 is 0 Å². The second-order valence-corrected chi connectivity index (χ2v) is 5.47. The number of rotatable bonds is 4. The van der Waals surface area contributed by atoms with Crippen LogP contribution in [0.5, 0.6) is 0 Å². The summed E-state index contributed by atoms with van der Waals surface area (Å²) in [6.07, 6.45) is 8.95. The van der Waals surface area contributed by atoms with Crippen molar-refractivity contribution in [2.45, 2.75) is 31.6 Å². The normalized spacial score (nSPS) is 23.0. The van der Waals surface area contributed by atoms with Gasteiger partial charge in [-0.25, -0.2) is 8.78 Å². The highest BCUT2D eigenvalue weighted by molar-refractivity contribution is 5.88. The fourth-order valence-corrected chi connectivity index (χ4v) is 2.65. The zero-order valence-electron chi connectivity index (χ0n) is 12.3. The van der Waals surface area contributed by atoms with Crippen LogP contribution in [0.4, 0.5) is 8.78 Å². The average molecular weight is 289 g/mol. The lowest BCUT2D eigenvalue weighted by molar-refractivity contribution is -0.0453. The highest BCUT2D eigenvalue weighted by Gasteiger charge is 2.35. The minimum Gasteiger partial charge on any atom is -0.296 e. The summed E-state index contributed by atoms with van der Waals surface area (Å²) in [7, 11) is 1.71. The maximum atomic E-state index is 13.4. The lowest BCUT2D eigenvalue weighted by Gasteiger charge is -2.26. The van der Waals surface area contributed by atoms with Gasteiger partial charge in [-0.05, 0) is 36.0 Å². The van der Waals surface area contributed by atoms with Gasteiger partial charge >= 0.3 is 0 Å². The van der Waals surface area contributed by atoms with E-state index in [0.29, 0.717) is 6.42 Å². The van der Waals surface area contributed by atoms with Crippen molar-refractivity contribution in [1.82, 2.24) is 0 Å². The molecule has 1 saturated carbocycles. The molecule has 1 aliphatic rings. The summed E-state index contributed by atoms with van der Waals surface area (Å²) in [6.45, 7) is 0. The fourth-order valence-electron chi connectivity index (χ4n) is 2.65. The van der Waals surface area contributed by atoms with E-state index in [1.807, 2.05) is 48.6 Å². The van der Waals surface area contributed by atoms with Crippen LogP contribution in [0.15, 0.2) is 53.6 Å². The molecule has 112 valence electrons. The van der Waals surface area contributed by atoms with Crippen LogP contribution in [0.2, 0.25) is 0 Å². The molecule has 0 N–H and O–H groups in total. The van der Waals surface area contributed by atoms with Crippen molar-refractivity contribution in [2.24, 2.45) is 10.9 Å². The van der Waals surface area contributed by atoms with Crippen LogP contribution in [0, 0.1) is 5.92 Å². The number of benzene rings is 1. The number of hydrogen-bond donors (Lipinski definition) is 0. The lowest BCUT2D eigenvalue weighted by Crippen LogP contribution is -2.24. The van der Waals surface area contributed by atoms with Gasteiger partial charge in [0.2, 0.25) is 5.92 Å². The topological polar surface area (TPSA) is 12.4 Å². The summed E-state index contributed by atoms with van der Waals surface area (Å²) in [6, 6.07) is 9.91. The van der Waals surface area contributed by atoms with E-state index in [0.717, 1.165) is 17.6 Å². The quantitative estimate of drug-likeness (QED) is 0.537. The first kappa shape index (κ1) is 15.6. The van der Waals surface area contributed by atoms with Crippen LogP contribution in [0.25, 0.3) is 5.57 Å². The second kappa shape index (κ2) is 7.30. The molecule has 0 spiro atoms. The van der Waals surface area contributed by atoms with Crippen molar-refractivity contribution in [3.63, 3.8) is 0 Å². The molecule has 1 unspecified atom stereocenters. The zero-order valence-corrected chi connectivity index (χ0v) is 12.3. The molecule has 21 heavy (non-hydrogen) atoms. The highest BCUT2D eigenvalue weighted by Crippen LogP contribution is 2.37. The van der Waals surface area contributed by atoms with Gasteiger partial charge in [0.15, 0.2) is 0 Å². The predicted molar refractivity (Wildman–Crippen MR) is 84.9 cm³/mol. The molecule has 1 aromatic rings.